The Morgan fingerprint density at radius 2 is 1.88 bits per heavy atom. The Morgan fingerprint density at radius 1 is 1.31 bits per heavy atom. The largest absolute Gasteiger partial charge is 0.497 e. The van der Waals surface area contributed by atoms with Crippen LogP contribution in [-0.4, -0.2) is 26.5 Å². The number of sulfone groups is 1. The lowest BCUT2D eigenvalue weighted by molar-refractivity contribution is 0.414. The molecule has 16 heavy (non-hydrogen) atoms. The van der Waals surface area contributed by atoms with Crippen LogP contribution in [0.15, 0.2) is 29.2 Å². The highest BCUT2D eigenvalue weighted by molar-refractivity contribution is 7.91. The van der Waals surface area contributed by atoms with Crippen LogP contribution in [0.25, 0.3) is 0 Å². The zero-order chi connectivity index (χ0) is 12.2. The lowest BCUT2D eigenvalue weighted by Crippen LogP contribution is -2.10. The maximum atomic E-state index is 11.9. The van der Waals surface area contributed by atoms with Crippen molar-refractivity contribution in [1.82, 2.24) is 0 Å². The molecule has 1 rings (SSSR count). The molecule has 0 saturated heterocycles. The molecule has 1 atom stereocenters. The number of benzene rings is 1. The van der Waals surface area contributed by atoms with Gasteiger partial charge in [0.15, 0.2) is 9.84 Å². The van der Waals surface area contributed by atoms with E-state index in [1.54, 1.807) is 31.4 Å². The van der Waals surface area contributed by atoms with Gasteiger partial charge in [0.05, 0.1) is 17.8 Å². The summed E-state index contributed by atoms with van der Waals surface area (Å²) in [5, 5.41) is 0.0908. The topological polar surface area (TPSA) is 43.4 Å². The summed E-state index contributed by atoms with van der Waals surface area (Å²) in [4.78, 5) is 0.335. The van der Waals surface area contributed by atoms with Gasteiger partial charge in [-0.3, -0.25) is 0 Å². The van der Waals surface area contributed by atoms with E-state index in [0.29, 0.717) is 17.1 Å². The summed E-state index contributed by atoms with van der Waals surface area (Å²) < 4.78 is 28.7. The number of hydrogen-bond donors (Lipinski definition) is 1. The fourth-order valence-electron chi connectivity index (χ4n) is 1.23. The highest BCUT2D eigenvalue weighted by Gasteiger charge is 2.14. The zero-order valence-corrected chi connectivity index (χ0v) is 11.1. The van der Waals surface area contributed by atoms with Gasteiger partial charge in [-0.25, -0.2) is 8.42 Å². The average molecular weight is 260 g/mol. The minimum Gasteiger partial charge on any atom is -0.497 e. The second-order valence-electron chi connectivity index (χ2n) is 3.63. The first-order chi connectivity index (χ1) is 7.45. The molecule has 0 aliphatic rings. The Bertz CT molecular complexity index is 421. The molecule has 0 aromatic heterocycles. The zero-order valence-electron chi connectivity index (χ0n) is 9.38. The van der Waals surface area contributed by atoms with Crippen molar-refractivity contribution >= 4 is 22.5 Å². The molecule has 0 unspecified atom stereocenters. The molecule has 0 aliphatic carbocycles. The van der Waals surface area contributed by atoms with Gasteiger partial charge in [-0.1, -0.05) is 6.92 Å². The van der Waals surface area contributed by atoms with E-state index in [0.717, 1.165) is 0 Å². The van der Waals surface area contributed by atoms with E-state index in [1.165, 1.54) is 0 Å². The van der Waals surface area contributed by atoms with Crippen LogP contribution < -0.4 is 4.74 Å². The fourth-order valence-corrected chi connectivity index (χ4v) is 2.98. The Labute approximate surface area is 102 Å². The molecule has 0 spiro atoms. The second-order valence-corrected chi connectivity index (χ2v) is 6.62. The smallest absolute Gasteiger partial charge is 0.178 e. The van der Waals surface area contributed by atoms with E-state index in [4.69, 9.17) is 4.74 Å². The Balaban J connectivity index is 2.82. The molecule has 0 N–H and O–H groups in total. The third-order valence-electron chi connectivity index (χ3n) is 2.22. The van der Waals surface area contributed by atoms with Crippen molar-refractivity contribution in [3.63, 3.8) is 0 Å². The molecule has 3 nitrogen and oxygen atoms in total. The summed E-state index contributed by atoms with van der Waals surface area (Å²) in [6, 6.07) is 6.43. The van der Waals surface area contributed by atoms with E-state index in [2.05, 4.69) is 12.6 Å². The third-order valence-corrected chi connectivity index (χ3v) is 4.24. The average Bonchev–Trinajstić information content (AvgIpc) is 2.27. The van der Waals surface area contributed by atoms with Gasteiger partial charge in [0.25, 0.3) is 0 Å². The predicted molar refractivity (Wildman–Crippen MR) is 68.1 cm³/mol. The molecular formula is C11H16O3S2. The quantitative estimate of drug-likeness (QED) is 0.825. The van der Waals surface area contributed by atoms with Crippen molar-refractivity contribution in [2.75, 3.05) is 12.9 Å². The van der Waals surface area contributed by atoms with Gasteiger partial charge in [-0.2, -0.15) is 12.6 Å². The minimum atomic E-state index is -3.18. The first kappa shape index (κ1) is 13.4. The summed E-state index contributed by atoms with van der Waals surface area (Å²) in [7, 11) is -1.64. The lowest BCUT2D eigenvalue weighted by atomic mass is 10.3. The number of thiol groups is 1. The molecule has 5 heteroatoms. The summed E-state index contributed by atoms with van der Waals surface area (Å²) in [6.45, 7) is 1.88. The molecule has 0 radical (unpaired) electrons. The number of methoxy groups -OCH3 is 1. The van der Waals surface area contributed by atoms with Crippen LogP contribution >= 0.6 is 12.6 Å². The predicted octanol–water partition coefficient (Wildman–Crippen LogP) is 2.18. The van der Waals surface area contributed by atoms with Crippen LogP contribution in [-0.2, 0) is 9.84 Å². The van der Waals surface area contributed by atoms with Gasteiger partial charge >= 0.3 is 0 Å². The SMILES string of the molecule is COc1ccc(S(=O)(=O)CC[C@@H](C)S)cc1. The Kier molecular flexibility index (Phi) is 4.68. The van der Waals surface area contributed by atoms with Crippen molar-refractivity contribution in [2.45, 2.75) is 23.5 Å². The van der Waals surface area contributed by atoms with Crippen molar-refractivity contribution < 1.29 is 13.2 Å². The highest BCUT2D eigenvalue weighted by atomic mass is 32.2. The van der Waals surface area contributed by atoms with Crippen LogP contribution in [0.3, 0.4) is 0 Å². The van der Waals surface area contributed by atoms with Gasteiger partial charge < -0.3 is 4.74 Å². The summed E-state index contributed by atoms with van der Waals surface area (Å²) in [5.41, 5.74) is 0. The molecule has 1 aromatic rings. The normalized spacial score (nSPS) is 13.4. The van der Waals surface area contributed by atoms with Crippen molar-refractivity contribution in [3.05, 3.63) is 24.3 Å². The van der Waals surface area contributed by atoms with E-state index in [-0.39, 0.29) is 11.0 Å². The van der Waals surface area contributed by atoms with Gasteiger partial charge in [0.1, 0.15) is 5.75 Å². The lowest BCUT2D eigenvalue weighted by Gasteiger charge is -2.07. The molecule has 0 fully saturated rings. The summed E-state index contributed by atoms with van der Waals surface area (Å²) in [5.74, 6) is 0.783. The molecular weight excluding hydrogens is 244 g/mol. The van der Waals surface area contributed by atoms with Crippen LogP contribution in [0.1, 0.15) is 13.3 Å². The van der Waals surface area contributed by atoms with Gasteiger partial charge in [0, 0.05) is 0 Å². The fraction of sp³-hybridized carbons (Fsp3) is 0.455. The molecule has 0 amide bonds. The van der Waals surface area contributed by atoms with Gasteiger partial charge in [0.2, 0.25) is 0 Å². The summed E-state index contributed by atoms with van der Waals surface area (Å²) >= 11 is 4.17. The summed E-state index contributed by atoms with van der Waals surface area (Å²) in [6.07, 6.45) is 0.553. The third kappa shape index (κ3) is 3.72. The van der Waals surface area contributed by atoms with E-state index in [9.17, 15) is 8.42 Å². The molecule has 0 aliphatic heterocycles. The number of hydrogen-bond acceptors (Lipinski definition) is 4. The minimum absolute atomic E-state index is 0.0908. The van der Waals surface area contributed by atoms with E-state index < -0.39 is 9.84 Å². The standard InChI is InChI=1S/C11H16O3S2/c1-9(15)7-8-16(12,13)11-5-3-10(14-2)4-6-11/h3-6,9,15H,7-8H2,1-2H3/t9-/m1/s1. The maximum Gasteiger partial charge on any atom is 0.178 e. The first-order valence-electron chi connectivity index (χ1n) is 5.00. The molecule has 0 bridgehead atoms. The molecule has 0 heterocycles. The van der Waals surface area contributed by atoms with Crippen LogP contribution in [0.4, 0.5) is 0 Å². The molecule has 90 valence electrons. The molecule has 1 aromatic carbocycles. The van der Waals surface area contributed by atoms with Crippen molar-refractivity contribution in [3.8, 4) is 5.75 Å². The van der Waals surface area contributed by atoms with Crippen molar-refractivity contribution in [1.29, 1.82) is 0 Å². The second kappa shape index (κ2) is 5.59. The van der Waals surface area contributed by atoms with E-state index >= 15 is 0 Å². The monoisotopic (exact) mass is 260 g/mol. The van der Waals surface area contributed by atoms with Crippen molar-refractivity contribution in [2.24, 2.45) is 0 Å². The van der Waals surface area contributed by atoms with Gasteiger partial charge in [-0.05, 0) is 35.9 Å². The molecule has 0 saturated carbocycles. The van der Waals surface area contributed by atoms with Gasteiger partial charge in [-0.15, -0.1) is 0 Å². The van der Waals surface area contributed by atoms with Crippen LogP contribution in [0.2, 0.25) is 0 Å². The Hall–Kier alpha value is -0.680. The highest BCUT2D eigenvalue weighted by Crippen LogP contribution is 2.18. The van der Waals surface area contributed by atoms with Crippen LogP contribution in [0, 0.1) is 0 Å². The Morgan fingerprint density at radius 3 is 2.31 bits per heavy atom. The number of rotatable bonds is 5. The maximum absolute atomic E-state index is 11.9. The number of ether oxygens (including phenoxy) is 1. The van der Waals surface area contributed by atoms with E-state index in [1.807, 2.05) is 6.92 Å². The van der Waals surface area contributed by atoms with Crippen LogP contribution in [0.5, 0.6) is 5.75 Å². The first-order valence-corrected chi connectivity index (χ1v) is 7.17.